The minimum atomic E-state index is -0.861. The quantitative estimate of drug-likeness (QED) is 0.815. The molecular weight excluding hydrogens is 292 g/mol. The van der Waals surface area contributed by atoms with Crippen molar-refractivity contribution in [2.45, 2.75) is 44.3 Å². The highest BCUT2D eigenvalue weighted by atomic mass is 32.2. The molecule has 0 saturated heterocycles. The smallest absolute Gasteiger partial charge is 0.313 e. The minimum absolute atomic E-state index is 0.0234. The Hall–Kier alpha value is -1.83. The fourth-order valence-corrected chi connectivity index (χ4v) is 2.88. The normalized spacial score (nSPS) is 14.6. The van der Waals surface area contributed by atoms with E-state index in [0.29, 0.717) is 17.6 Å². The molecule has 0 unspecified atom stereocenters. The maximum absolute atomic E-state index is 10.8. The Morgan fingerprint density at radius 2 is 2.19 bits per heavy atom. The van der Waals surface area contributed by atoms with E-state index in [1.165, 1.54) is 11.8 Å². The van der Waals surface area contributed by atoms with Gasteiger partial charge in [-0.3, -0.25) is 4.79 Å². The molecule has 2 heterocycles. The molecule has 0 amide bonds. The van der Waals surface area contributed by atoms with E-state index >= 15 is 0 Å². The first-order valence-electron chi connectivity index (χ1n) is 6.75. The van der Waals surface area contributed by atoms with Crippen LogP contribution in [0.4, 0.5) is 0 Å². The summed E-state index contributed by atoms with van der Waals surface area (Å²) in [5, 5.41) is 21.8. The van der Waals surface area contributed by atoms with E-state index in [1.807, 2.05) is 18.4 Å². The van der Waals surface area contributed by atoms with Crippen molar-refractivity contribution in [3.05, 3.63) is 22.8 Å². The predicted octanol–water partition coefficient (Wildman–Crippen LogP) is 1.99. The van der Waals surface area contributed by atoms with Crippen LogP contribution in [0.2, 0.25) is 0 Å². The predicted molar refractivity (Wildman–Crippen MR) is 75.4 cm³/mol. The molecule has 3 rings (SSSR count). The van der Waals surface area contributed by atoms with E-state index < -0.39 is 5.97 Å². The molecule has 0 bridgehead atoms. The standard InChI is InChI=1S/C13H16N4O3S/c1-7-10(8(2)20-16-7)5-17-12(9-3-4-9)14-15-13(17)21-6-11(18)19/h9H,3-6H2,1-2H3,(H,18,19). The number of carbonyl (C=O) groups is 1. The summed E-state index contributed by atoms with van der Waals surface area (Å²) in [6, 6.07) is 0. The van der Waals surface area contributed by atoms with Gasteiger partial charge in [-0.15, -0.1) is 10.2 Å². The second-order valence-corrected chi connectivity index (χ2v) is 6.13. The van der Waals surface area contributed by atoms with Crippen molar-refractivity contribution in [1.82, 2.24) is 19.9 Å². The number of thioether (sulfide) groups is 1. The maximum atomic E-state index is 10.8. The van der Waals surface area contributed by atoms with Crippen molar-refractivity contribution in [2.24, 2.45) is 0 Å². The first-order chi connectivity index (χ1) is 10.1. The Labute approximate surface area is 125 Å². The van der Waals surface area contributed by atoms with Gasteiger partial charge in [0.2, 0.25) is 0 Å². The zero-order chi connectivity index (χ0) is 15.0. The molecule has 0 spiro atoms. The topological polar surface area (TPSA) is 94.0 Å². The number of carboxylic acid groups (broad SMARTS) is 1. The zero-order valence-corrected chi connectivity index (χ0v) is 12.7. The Morgan fingerprint density at radius 1 is 1.43 bits per heavy atom. The van der Waals surface area contributed by atoms with Gasteiger partial charge in [-0.05, 0) is 26.7 Å². The van der Waals surface area contributed by atoms with Crippen LogP contribution < -0.4 is 0 Å². The Balaban J connectivity index is 1.90. The molecule has 0 aliphatic heterocycles. The van der Waals surface area contributed by atoms with Gasteiger partial charge in [0.25, 0.3) is 0 Å². The summed E-state index contributed by atoms with van der Waals surface area (Å²) in [4.78, 5) is 10.8. The van der Waals surface area contributed by atoms with E-state index in [4.69, 9.17) is 9.63 Å². The summed E-state index contributed by atoms with van der Waals surface area (Å²) in [6.07, 6.45) is 2.23. The Kier molecular flexibility index (Phi) is 3.71. The van der Waals surface area contributed by atoms with Gasteiger partial charge in [0, 0.05) is 11.5 Å². The molecule has 1 fully saturated rings. The lowest BCUT2D eigenvalue weighted by Crippen LogP contribution is -2.08. The third kappa shape index (κ3) is 2.94. The highest BCUT2D eigenvalue weighted by molar-refractivity contribution is 7.99. The average molecular weight is 308 g/mol. The van der Waals surface area contributed by atoms with Gasteiger partial charge in [-0.25, -0.2) is 0 Å². The number of hydrogen-bond acceptors (Lipinski definition) is 6. The molecular formula is C13H16N4O3S. The van der Waals surface area contributed by atoms with Crippen LogP contribution in [-0.4, -0.2) is 36.7 Å². The number of aliphatic carboxylic acids is 1. The molecule has 112 valence electrons. The van der Waals surface area contributed by atoms with E-state index in [2.05, 4.69) is 15.4 Å². The number of hydrogen-bond donors (Lipinski definition) is 1. The monoisotopic (exact) mass is 308 g/mol. The van der Waals surface area contributed by atoms with E-state index in [1.54, 1.807) is 0 Å². The highest BCUT2D eigenvalue weighted by Gasteiger charge is 2.31. The van der Waals surface area contributed by atoms with Gasteiger partial charge >= 0.3 is 5.97 Å². The Morgan fingerprint density at radius 3 is 2.76 bits per heavy atom. The number of aromatic nitrogens is 4. The molecule has 1 saturated carbocycles. The third-order valence-electron chi connectivity index (χ3n) is 3.51. The lowest BCUT2D eigenvalue weighted by molar-refractivity contribution is -0.133. The molecule has 2 aromatic rings. The van der Waals surface area contributed by atoms with Crippen molar-refractivity contribution in [3.63, 3.8) is 0 Å². The van der Waals surface area contributed by atoms with Gasteiger partial charge < -0.3 is 14.2 Å². The molecule has 0 atom stereocenters. The third-order valence-corrected chi connectivity index (χ3v) is 4.46. The van der Waals surface area contributed by atoms with Crippen molar-refractivity contribution in [1.29, 1.82) is 0 Å². The Bertz CT molecular complexity index is 656. The largest absolute Gasteiger partial charge is 0.481 e. The zero-order valence-electron chi connectivity index (χ0n) is 11.9. The van der Waals surface area contributed by atoms with Gasteiger partial charge in [0.15, 0.2) is 5.16 Å². The van der Waals surface area contributed by atoms with Crippen LogP contribution in [0.1, 0.15) is 41.6 Å². The fourth-order valence-electron chi connectivity index (χ4n) is 2.21. The second kappa shape index (κ2) is 5.51. The summed E-state index contributed by atoms with van der Waals surface area (Å²) >= 11 is 1.19. The van der Waals surface area contributed by atoms with Crippen LogP contribution in [0, 0.1) is 13.8 Å². The van der Waals surface area contributed by atoms with Gasteiger partial charge in [-0.2, -0.15) is 0 Å². The summed E-state index contributed by atoms with van der Waals surface area (Å²) in [7, 11) is 0. The average Bonchev–Trinajstić information content (AvgIpc) is 3.14. The SMILES string of the molecule is Cc1noc(C)c1Cn1c(SCC(=O)O)nnc1C1CC1. The molecule has 21 heavy (non-hydrogen) atoms. The van der Waals surface area contributed by atoms with E-state index in [-0.39, 0.29) is 5.75 Å². The van der Waals surface area contributed by atoms with Crippen LogP contribution in [0.3, 0.4) is 0 Å². The molecule has 0 aromatic carbocycles. The van der Waals surface area contributed by atoms with Crippen LogP contribution in [0.25, 0.3) is 0 Å². The summed E-state index contributed by atoms with van der Waals surface area (Å²) in [6.45, 7) is 4.35. The van der Waals surface area contributed by atoms with E-state index in [9.17, 15) is 4.79 Å². The lowest BCUT2D eigenvalue weighted by Gasteiger charge is -2.09. The van der Waals surface area contributed by atoms with Gasteiger partial charge in [-0.1, -0.05) is 16.9 Å². The number of aryl methyl sites for hydroxylation is 2. The van der Waals surface area contributed by atoms with Crippen LogP contribution >= 0.6 is 11.8 Å². The summed E-state index contributed by atoms with van der Waals surface area (Å²) in [5.41, 5.74) is 1.85. The first-order valence-corrected chi connectivity index (χ1v) is 7.74. The molecule has 1 aliphatic carbocycles. The second-order valence-electron chi connectivity index (χ2n) is 5.19. The molecule has 1 aliphatic rings. The lowest BCUT2D eigenvalue weighted by atomic mass is 10.2. The van der Waals surface area contributed by atoms with Crippen molar-refractivity contribution >= 4 is 17.7 Å². The van der Waals surface area contributed by atoms with Crippen LogP contribution in [-0.2, 0) is 11.3 Å². The molecule has 0 radical (unpaired) electrons. The fraction of sp³-hybridized carbons (Fsp3) is 0.538. The number of rotatable bonds is 6. The van der Waals surface area contributed by atoms with Crippen molar-refractivity contribution in [2.75, 3.05) is 5.75 Å². The first kappa shape index (κ1) is 14.1. The number of nitrogens with zero attached hydrogens (tertiary/aromatic N) is 4. The molecule has 7 nitrogen and oxygen atoms in total. The summed E-state index contributed by atoms with van der Waals surface area (Å²) < 4.78 is 7.19. The molecule has 2 aromatic heterocycles. The van der Waals surface area contributed by atoms with Crippen LogP contribution in [0.15, 0.2) is 9.68 Å². The minimum Gasteiger partial charge on any atom is -0.481 e. The van der Waals surface area contributed by atoms with Crippen molar-refractivity contribution < 1.29 is 14.4 Å². The van der Waals surface area contributed by atoms with Crippen LogP contribution in [0.5, 0.6) is 0 Å². The molecule has 1 N–H and O–H groups in total. The van der Waals surface area contributed by atoms with Gasteiger partial charge in [0.1, 0.15) is 11.6 Å². The maximum Gasteiger partial charge on any atom is 0.313 e. The number of carboxylic acids is 1. The summed E-state index contributed by atoms with van der Waals surface area (Å²) in [5.74, 6) is 1.27. The molecule has 8 heteroatoms. The van der Waals surface area contributed by atoms with Gasteiger partial charge in [0.05, 0.1) is 18.0 Å². The highest BCUT2D eigenvalue weighted by Crippen LogP contribution is 2.40. The van der Waals surface area contributed by atoms with Crippen molar-refractivity contribution in [3.8, 4) is 0 Å². The van der Waals surface area contributed by atoms with E-state index in [0.717, 1.165) is 35.7 Å².